The van der Waals surface area contributed by atoms with E-state index in [0.717, 1.165) is 29.9 Å². The Morgan fingerprint density at radius 2 is 1.92 bits per heavy atom. The molecule has 0 saturated carbocycles. The molecule has 0 atom stereocenters. The fourth-order valence-electron chi connectivity index (χ4n) is 2.20. The third-order valence-electron chi connectivity index (χ3n) is 3.41. The molecule has 0 spiro atoms. The Balaban J connectivity index is 2.17. The lowest BCUT2D eigenvalue weighted by Gasteiger charge is -2.14. The van der Waals surface area contributed by atoms with Crippen LogP contribution in [-0.4, -0.2) is 37.3 Å². The average molecular weight is 351 g/mol. The zero-order chi connectivity index (χ0) is 17.5. The van der Waals surface area contributed by atoms with Crippen LogP contribution in [0.5, 0.6) is 5.75 Å². The summed E-state index contributed by atoms with van der Waals surface area (Å²) in [5.41, 5.74) is 2.64. The number of hydrogen-bond acceptors (Lipinski definition) is 6. The number of halogens is 1. The second kappa shape index (κ2) is 8.70. The normalized spacial score (nSPS) is 10.5. The molecular formula is C17H23ClN4O2. The molecule has 2 N–H and O–H groups in total. The number of aromatic nitrogens is 2. The summed E-state index contributed by atoms with van der Waals surface area (Å²) >= 11 is 6.15. The van der Waals surface area contributed by atoms with Crippen LogP contribution in [0.2, 0.25) is 5.02 Å². The van der Waals surface area contributed by atoms with Gasteiger partial charge in [-0.2, -0.15) is 4.98 Å². The fourth-order valence-corrected chi connectivity index (χ4v) is 2.35. The maximum absolute atomic E-state index is 6.15. The second-order valence-corrected chi connectivity index (χ2v) is 5.83. The number of rotatable bonds is 8. The molecule has 0 bridgehead atoms. The van der Waals surface area contributed by atoms with E-state index in [9.17, 15) is 0 Å². The van der Waals surface area contributed by atoms with E-state index in [2.05, 4.69) is 20.6 Å². The minimum absolute atomic E-state index is 0.582. The van der Waals surface area contributed by atoms with Gasteiger partial charge in [-0.05, 0) is 31.9 Å². The molecule has 0 aliphatic carbocycles. The number of anilines is 3. The largest absolute Gasteiger partial charge is 0.495 e. The lowest BCUT2D eigenvalue weighted by molar-refractivity contribution is 0.197. The predicted molar refractivity (Wildman–Crippen MR) is 97.8 cm³/mol. The topological polar surface area (TPSA) is 68.3 Å². The predicted octanol–water partition coefficient (Wildman–Crippen LogP) is 3.95. The van der Waals surface area contributed by atoms with Crippen molar-refractivity contribution in [3.05, 3.63) is 34.5 Å². The molecule has 2 rings (SSSR count). The smallest absolute Gasteiger partial charge is 0.224 e. The van der Waals surface area contributed by atoms with E-state index in [-0.39, 0.29) is 0 Å². The van der Waals surface area contributed by atoms with Gasteiger partial charge in [0.05, 0.1) is 12.8 Å². The van der Waals surface area contributed by atoms with Crippen LogP contribution >= 0.6 is 11.6 Å². The highest BCUT2D eigenvalue weighted by atomic mass is 35.5. The second-order valence-electron chi connectivity index (χ2n) is 5.42. The van der Waals surface area contributed by atoms with Gasteiger partial charge in [-0.25, -0.2) is 4.98 Å². The van der Waals surface area contributed by atoms with Gasteiger partial charge in [0.2, 0.25) is 5.95 Å². The van der Waals surface area contributed by atoms with Crippen LogP contribution in [-0.2, 0) is 4.74 Å². The van der Waals surface area contributed by atoms with Gasteiger partial charge >= 0.3 is 0 Å². The minimum atomic E-state index is 0.582. The van der Waals surface area contributed by atoms with Crippen molar-refractivity contribution in [2.75, 3.05) is 38.0 Å². The quantitative estimate of drug-likeness (QED) is 0.703. The Morgan fingerprint density at radius 1 is 1.12 bits per heavy atom. The van der Waals surface area contributed by atoms with Crippen molar-refractivity contribution in [2.45, 2.75) is 20.3 Å². The van der Waals surface area contributed by atoms with Gasteiger partial charge in [0.1, 0.15) is 11.6 Å². The lowest BCUT2D eigenvalue weighted by atomic mass is 10.2. The summed E-state index contributed by atoms with van der Waals surface area (Å²) in [6.45, 7) is 5.32. The van der Waals surface area contributed by atoms with Crippen molar-refractivity contribution in [3.63, 3.8) is 0 Å². The van der Waals surface area contributed by atoms with Crippen LogP contribution in [0.3, 0.4) is 0 Å². The summed E-state index contributed by atoms with van der Waals surface area (Å²) in [6.07, 6.45) is 0.890. The summed E-state index contributed by atoms with van der Waals surface area (Å²) in [5, 5.41) is 7.14. The molecule has 6 nitrogen and oxygen atoms in total. The molecule has 1 aromatic heterocycles. The molecule has 24 heavy (non-hydrogen) atoms. The van der Waals surface area contributed by atoms with Crippen LogP contribution in [0, 0.1) is 13.8 Å². The number of aryl methyl sites for hydroxylation is 2. The maximum Gasteiger partial charge on any atom is 0.224 e. The van der Waals surface area contributed by atoms with Gasteiger partial charge in [0, 0.05) is 43.1 Å². The third kappa shape index (κ3) is 4.97. The number of nitrogens with one attached hydrogen (secondary N) is 2. The SMILES string of the molecule is COCCCNc1nc(C)cc(Nc2cc(C)c(Cl)cc2OC)n1. The van der Waals surface area contributed by atoms with E-state index < -0.39 is 0 Å². The Hall–Kier alpha value is -2.05. The van der Waals surface area contributed by atoms with Crippen molar-refractivity contribution in [1.82, 2.24) is 9.97 Å². The Morgan fingerprint density at radius 3 is 2.62 bits per heavy atom. The first-order valence-corrected chi connectivity index (χ1v) is 8.11. The number of methoxy groups -OCH3 is 2. The van der Waals surface area contributed by atoms with Crippen molar-refractivity contribution >= 4 is 29.1 Å². The summed E-state index contributed by atoms with van der Waals surface area (Å²) in [6, 6.07) is 5.60. The highest BCUT2D eigenvalue weighted by molar-refractivity contribution is 6.31. The van der Waals surface area contributed by atoms with Crippen molar-refractivity contribution in [1.29, 1.82) is 0 Å². The molecule has 0 aliphatic heterocycles. The Labute approximate surface area is 147 Å². The molecule has 7 heteroatoms. The van der Waals surface area contributed by atoms with E-state index >= 15 is 0 Å². The molecule has 0 fully saturated rings. The first kappa shape index (κ1) is 18.3. The first-order valence-electron chi connectivity index (χ1n) is 7.73. The van der Waals surface area contributed by atoms with E-state index in [1.165, 1.54) is 0 Å². The third-order valence-corrected chi connectivity index (χ3v) is 3.81. The van der Waals surface area contributed by atoms with Gasteiger partial charge < -0.3 is 20.1 Å². The molecule has 130 valence electrons. The summed E-state index contributed by atoms with van der Waals surface area (Å²) in [7, 11) is 3.30. The van der Waals surface area contributed by atoms with Crippen molar-refractivity contribution in [2.24, 2.45) is 0 Å². The van der Waals surface area contributed by atoms with Gasteiger partial charge in [-0.15, -0.1) is 0 Å². The van der Waals surface area contributed by atoms with Crippen molar-refractivity contribution < 1.29 is 9.47 Å². The van der Waals surface area contributed by atoms with Crippen LogP contribution < -0.4 is 15.4 Å². The van der Waals surface area contributed by atoms with Crippen molar-refractivity contribution in [3.8, 4) is 5.75 Å². The molecular weight excluding hydrogens is 328 g/mol. The standard InChI is InChI=1S/C17H23ClN4O2/c1-11-8-14(15(24-4)10-13(11)18)21-16-9-12(2)20-17(22-16)19-6-5-7-23-3/h8-10H,5-7H2,1-4H3,(H2,19,20,21,22). The Bertz CT molecular complexity index is 695. The number of hydrogen-bond donors (Lipinski definition) is 2. The van der Waals surface area contributed by atoms with Gasteiger partial charge in [-0.3, -0.25) is 0 Å². The van der Waals surface area contributed by atoms with Gasteiger partial charge in [0.15, 0.2) is 0 Å². The summed E-state index contributed by atoms with van der Waals surface area (Å²) in [5.74, 6) is 1.94. The molecule has 0 amide bonds. The molecule has 2 aromatic rings. The summed E-state index contributed by atoms with van der Waals surface area (Å²) in [4.78, 5) is 8.88. The average Bonchev–Trinajstić information content (AvgIpc) is 2.54. The first-order chi connectivity index (χ1) is 11.5. The van der Waals surface area contributed by atoms with E-state index in [1.54, 1.807) is 20.3 Å². The molecule has 0 radical (unpaired) electrons. The van der Waals surface area contributed by atoms with Gasteiger partial charge in [-0.1, -0.05) is 11.6 Å². The molecule has 0 unspecified atom stereocenters. The maximum atomic E-state index is 6.15. The zero-order valence-electron chi connectivity index (χ0n) is 14.4. The minimum Gasteiger partial charge on any atom is -0.495 e. The number of benzene rings is 1. The number of nitrogens with zero attached hydrogens (tertiary/aromatic N) is 2. The monoisotopic (exact) mass is 350 g/mol. The van der Waals surface area contributed by atoms with E-state index in [4.69, 9.17) is 21.1 Å². The van der Waals surface area contributed by atoms with Crippen LogP contribution in [0.25, 0.3) is 0 Å². The molecule has 0 aliphatic rings. The zero-order valence-corrected chi connectivity index (χ0v) is 15.2. The lowest BCUT2D eigenvalue weighted by Crippen LogP contribution is -2.09. The molecule has 1 aromatic carbocycles. The summed E-state index contributed by atoms with van der Waals surface area (Å²) < 4.78 is 10.4. The fraction of sp³-hybridized carbons (Fsp3) is 0.412. The number of ether oxygens (including phenoxy) is 2. The van der Waals surface area contributed by atoms with E-state index in [1.807, 2.05) is 26.0 Å². The van der Waals surface area contributed by atoms with Crippen LogP contribution in [0.1, 0.15) is 17.7 Å². The Kier molecular flexibility index (Phi) is 6.63. The highest BCUT2D eigenvalue weighted by Crippen LogP contribution is 2.32. The van der Waals surface area contributed by atoms with Crippen LogP contribution in [0.15, 0.2) is 18.2 Å². The van der Waals surface area contributed by atoms with Gasteiger partial charge in [0.25, 0.3) is 0 Å². The van der Waals surface area contributed by atoms with E-state index in [0.29, 0.717) is 29.1 Å². The van der Waals surface area contributed by atoms with Crippen LogP contribution in [0.4, 0.5) is 17.5 Å². The molecule has 1 heterocycles. The molecule has 0 saturated heterocycles. The highest BCUT2D eigenvalue weighted by Gasteiger charge is 2.09.